The van der Waals surface area contributed by atoms with Crippen LogP contribution in [0, 0.1) is 0 Å². The maximum atomic E-state index is 12.3. The molecule has 1 aromatic carbocycles. The third-order valence-electron chi connectivity index (χ3n) is 3.52. The molecule has 0 aliphatic rings. The standard InChI is InChI=1S/C17H28N2O/c1-4-5-6-7-8-17(20)19(14(2)3)13-15-9-11-16(18)12-10-15/h9-12,14H,4-8,13,18H2,1-3H3. The van der Waals surface area contributed by atoms with Crippen LogP contribution in [0.5, 0.6) is 0 Å². The van der Waals surface area contributed by atoms with Gasteiger partial charge in [-0.3, -0.25) is 4.79 Å². The van der Waals surface area contributed by atoms with Gasteiger partial charge < -0.3 is 10.6 Å². The van der Waals surface area contributed by atoms with Crippen LogP contribution in [-0.2, 0) is 11.3 Å². The molecule has 0 unspecified atom stereocenters. The largest absolute Gasteiger partial charge is 0.399 e. The second-order valence-corrected chi connectivity index (χ2v) is 5.67. The fraction of sp³-hybridized carbons (Fsp3) is 0.588. The molecule has 0 fully saturated rings. The number of anilines is 1. The van der Waals surface area contributed by atoms with Crippen molar-refractivity contribution in [2.45, 2.75) is 65.5 Å². The van der Waals surface area contributed by atoms with Gasteiger partial charge in [-0.1, -0.05) is 38.3 Å². The van der Waals surface area contributed by atoms with Crippen molar-refractivity contribution in [2.75, 3.05) is 5.73 Å². The molecule has 2 N–H and O–H groups in total. The summed E-state index contributed by atoms with van der Waals surface area (Å²) in [7, 11) is 0. The molecule has 1 amide bonds. The second-order valence-electron chi connectivity index (χ2n) is 5.67. The first-order chi connectivity index (χ1) is 9.54. The van der Waals surface area contributed by atoms with Crippen molar-refractivity contribution >= 4 is 11.6 Å². The van der Waals surface area contributed by atoms with Crippen LogP contribution in [0.25, 0.3) is 0 Å². The van der Waals surface area contributed by atoms with Crippen molar-refractivity contribution in [3.8, 4) is 0 Å². The Morgan fingerprint density at radius 1 is 1.15 bits per heavy atom. The average Bonchev–Trinajstić information content (AvgIpc) is 2.42. The normalized spacial score (nSPS) is 10.8. The van der Waals surface area contributed by atoms with Gasteiger partial charge >= 0.3 is 0 Å². The summed E-state index contributed by atoms with van der Waals surface area (Å²) in [5, 5.41) is 0. The maximum absolute atomic E-state index is 12.3. The third kappa shape index (κ3) is 5.64. The van der Waals surface area contributed by atoms with E-state index >= 15 is 0 Å². The molecule has 0 bridgehead atoms. The summed E-state index contributed by atoms with van der Waals surface area (Å²) in [6.45, 7) is 7.00. The molecule has 0 saturated heterocycles. The molecular weight excluding hydrogens is 248 g/mol. The molecule has 1 aromatic rings. The van der Waals surface area contributed by atoms with E-state index < -0.39 is 0 Å². The highest BCUT2D eigenvalue weighted by atomic mass is 16.2. The van der Waals surface area contributed by atoms with Gasteiger partial charge in [0.15, 0.2) is 0 Å². The van der Waals surface area contributed by atoms with Crippen molar-refractivity contribution in [1.82, 2.24) is 4.90 Å². The van der Waals surface area contributed by atoms with Crippen LogP contribution < -0.4 is 5.73 Å². The zero-order valence-corrected chi connectivity index (χ0v) is 13.1. The monoisotopic (exact) mass is 276 g/mol. The number of nitrogens with zero attached hydrogens (tertiary/aromatic N) is 1. The summed E-state index contributed by atoms with van der Waals surface area (Å²) in [6.07, 6.45) is 5.22. The Labute approximate surface area is 123 Å². The fourth-order valence-electron chi connectivity index (χ4n) is 2.23. The number of carbonyl (C=O) groups excluding carboxylic acids is 1. The molecule has 0 heterocycles. The molecule has 3 nitrogen and oxygen atoms in total. The molecular formula is C17H28N2O. The van der Waals surface area contributed by atoms with E-state index in [0.29, 0.717) is 13.0 Å². The first-order valence-corrected chi connectivity index (χ1v) is 7.68. The van der Waals surface area contributed by atoms with Gasteiger partial charge in [0.25, 0.3) is 0 Å². The second kappa shape index (κ2) is 8.62. The Hall–Kier alpha value is -1.51. The molecule has 112 valence electrons. The summed E-state index contributed by atoms with van der Waals surface area (Å²) in [5.74, 6) is 0.257. The van der Waals surface area contributed by atoms with Crippen LogP contribution >= 0.6 is 0 Å². The molecule has 0 atom stereocenters. The van der Waals surface area contributed by atoms with Crippen LogP contribution in [0.4, 0.5) is 5.69 Å². The third-order valence-corrected chi connectivity index (χ3v) is 3.52. The number of hydrogen-bond acceptors (Lipinski definition) is 2. The number of rotatable bonds is 8. The minimum absolute atomic E-state index is 0.228. The smallest absolute Gasteiger partial charge is 0.223 e. The van der Waals surface area contributed by atoms with E-state index in [2.05, 4.69) is 20.8 Å². The van der Waals surface area contributed by atoms with E-state index in [-0.39, 0.29) is 11.9 Å². The van der Waals surface area contributed by atoms with Gasteiger partial charge in [-0.2, -0.15) is 0 Å². The molecule has 0 radical (unpaired) electrons. The van der Waals surface area contributed by atoms with Crippen molar-refractivity contribution < 1.29 is 4.79 Å². The Bertz CT molecular complexity index is 398. The first kappa shape index (κ1) is 16.5. The van der Waals surface area contributed by atoms with Crippen LogP contribution in [-0.4, -0.2) is 16.8 Å². The Kier molecular flexibility index (Phi) is 7.13. The predicted molar refractivity (Wildman–Crippen MR) is 85.3 cm³/mol. The van der Waals surface area contributed by atoms with Gasteiger partial charge in [0.05, 0.1) is 0 Å². The fourth-order valence-corrected chi connectivity index (χ4v) is 2.23. The molecule has 20 heavy (non-hydrogen) atoms. The molecule has 0 saturated carbocycles. The lowest BCUT2D eigenvalue weighted by molar-refractivity contribution is -0.133. The van der Waals surface area contributed by atoms with Crippen molar-refractivity contribution in [1.29, 1.82) is 0 Å². The van der Waals surface area contributed by atoms with Gasteiger partial charge in [0, 0.05) is 24.7 Å². The van der Waals surface area contributed by atoms with Crippen LogP contribution in [0.2, 0.25) is 0 Å². The van der Waals surface area contributed by atoms with E-state index in [0.717, 1.165) is 24.1 Å². The van der Waals surface area contributed by atoms with Gasteiger partial charge in [-0.25, -0.2) is 0 Å². The van der Waals surface area contributed by atoms with Crippen LogP contribution in [0.3, 0.4) is 0 Å². The zero-order chi connectivity index (χ0) is 15.0. The average molecular weight is 276 g/mol. The summed E-state index contributed by atoms with van der Waals surface area (Å²) in [5.41, 5.74) is 7.58. The van der Waals surface area contributed by atoms with Gasteiger partial charge in [0.1, 0.15) is 0 Å². The zero-order valence-electron chi connectivity index (χ0n) is 13.1. The molecule has 0 aromatic heterocycles. The summed E-state index contributed by atoms with van der Waals surface area (Å²) >= 11 is 0. The molecule has 0 aliphatic heterocycles. The van der Waals surface area contributed by atoms with E-state index in [9.17, 15) is 4.79 Å². The highest BCUT2D eigenvalue weighted by molar-refractivity contribution is 5.76. The lowest BCUT2D eigenvalue weighted by Crippen LogP contribution is -2.36. The highest BCUT2D eigenvalue weighted by Gasteiger charge is 2.16. The SMILES string of the molecule is CCCCCCC(=O)N(Cc1ccc(N)cc1)C(C)C. The number of amides is 1. The maximum Gasteiger partial charge on any atom is 0.223 e. The number of nitrogen functional groups attached to an aromatic ring is 1. The summed E-state index contributed by atoms with van der Waals surface area (Å²) < 4.78 is 0. The van der Waals surface area contributed by atoms with E-state index in [4.69, 9.17) is 5.73 Å². The molecule has 3 heteroatoms. The number of unbranched alkanes of at least 4 members (excludes halogenated alkanes) is 3. The summed E-state index contributed by atoms with van der Waals surface area (Å²) in [6, 6.07) is 8.00. The summed E-state index contributed by atoms with van der Waals surface area (Å²) in [4.78, 5) is 14.3. The van der Waals surface area contributed by atoms with E-state index in [1.165, 1.54) is 12.8 Å². The van der Waals surface area contributed by atoms with Crippen molar-refractivity contribution in [3.63, 3.8) is 0 Å². The number of carbonyl (C=O) groups is 1. The number of hydrogen-bond donors (Lipinski definition) is 1. The number of benzene rings is 1. The lowest BCUT2D eigenvalue weighted by atomic mass is 10.1. The quantitative estimate of drug-likeness (QED) is 0.576. The number of nitrogens with two attached hydrogens (primary N) is 1. The Morgan fingerprint density at radius 3 is 2.35 bits per heavy atom. The Balaban J connectivity index is 2.55. The first-order valence-electron chi connectivity index (χ1n) is 7.68. The topological polar surface area (TPSA) is 46.3 Å². The van der Waals surface area contributed by atoms with Gasteiger partial charge in [0.2, 0.25) is 5.91 Å². The Morgan fingerprint density at radius 2 is 1.80 bits per heavy atom. The van der Waals surface area contributed by atoms with Crippen LogP contribution in [0.15, 0.2) is 24.3 Å². The van der Waals surface area contributed by atoms with Crippen LogP contribution in [0.1, 0.15) is 58.4 Å². The minimum atomic E-state index is 0.228. The predicted octanol–water partition coefficient (Wildman–Crippen LogP) is 3.98. The minimum Gasteiger partial charge on any atom is -0.399 e. The van der Waals surface area contributed by atoms with E-state index in [1.54, 1.807) is 0 Å². The van der Waals surface area contributed by atoms with Gasteiger partial charge in [-0.05, 0) is 38.0 Å². The molecule has 1 rings (SSSR count). The van der Waals surface area contributed by atoms with Crippen molar-refractivity contribution in [3.05, 3.63) is 29.8 Å². The van der Waals surface area contributed by atoms with E-state index in [1.807, 2.05) is 29.2 Å². The van der Waals surface area contributed by atoms with Crippen molar-refractivity contribution in [2.24, 2.45) is 0 Å². The molecule has 0 spiro atoms. The highest BCUT2D eigenvalue weighted by Crippen LogP contribution is 2.14. The molecule has 0 aliphatic carbocycles. The van der Waals surface area contributed by atoms with Gasteiger partial charge in [-0.15, -0.1) is 0 Å². The lowest BCUT2D eigenvalue weighted by Gasteiger charge is -2.27.